The van der Waals surface area contributed by atoms with Gasteiger partial charge in [0.1, 0.15) is 0 Å². The number of nitrogens with zero attached hydrogens (tertiary/aromatic N) is 2. The van der Waals surface area contributed by atoms with E-state index in [4.69, 9.17) is 5.11 Å². The van der Waals surface area contributed by atoms with Crippen molar-refractivity contribution >= 4 is 27.6 Å². The van der Waals surface area contributed by atoms with E-state index in [-0.39, 0.29) is 10.0 Å². The molecule has 1 N–H and O–H groups in total. The van der Waals surface area contributed by atoms with E-state index in [0.29, 0.717) is 11.7 Å². The van der Waals surface area contributed by atoms with Gasteiger partial charge in [0.05, 0.1) is 15.7 Å². The summed E-state index contributed by atoms with van der Waals surface area (Å²) in [6, 6.07) is 3.40. The summed E-state index contributed by atoms with van der Waals surface area (Å²) in [5, 5.41) is 8.99. The van der Waals surface area contributed by atoms with Crippen LogP contribution in [0.15, 0.2) is 16.6 Å². The van der Waals surface area contributed by atoms with Crippen LogP contribution in [0.5, 0.6) is 0 Å². The zero-order chi connectivity index (χ0) is 14.9. The number of carboxylic acids is 1. The van der Waals surface area contributed by atoms with E-state index in [0.717, 1.165) is 25.9 Å². The van der Waals surface area contributed by atoms with Gasteiger partial charge in [-0.25, -0.2) is 9.18 Å². The SMILES string of the molecule is CN(C)C1CCCN(c2ccc(C(=O)O)c(Br)c2F)C1. The van der Waals surface area contributed by atoms with E-state index in [2.05, 4.69) is 20.8 Å². The van der Waals surface area contributed by atoms with Gasteiger partial charge in [0.25, 0.3) is 0 Å². The molecule has 0 spiro atoms. The number of likely N-dealkylation sites (N-methyl/N-ethyl adjacent to an activating group) is 1. The summed E-state index contributed by atoms with van der Waals surface area (Å²) in [4.78, 5) is 15.1. The molecule has 6 heteroatoms. The Morgan fingerprint density at radius 1 is 1.50 bits per heavy atom. The summed E-state index contributed by atoms with van der Waals surface area (Å²) in [6.07, 6.45) is 2.10. The minimum Gasteiger partial charge on any atom is -0.478 e. The van der Waals surface area contributed by atoms with E-state index < -0.39 is 11.8 Å². The van der Waals surface area contributed by atoms with E-state index >= 15 is 0 Å². The minimum atomic E-state index is -1.13. The van der Waals surface area contributed by atoms with Crippen LogP contribution in [-0.2, 0) is 0 Å². The van der Waals surface area contributed by atoms with Crippen LogP contribution >= 0.6 is 15.9 Å². The second-order valence-corrected chi connectivity index (χ2v) is 6.06. The molecule has 1 aromatic rings. The standard InChI is InChI=1S/C14H18BrFN2O2/c1-17(2)9-4-3-7-18(8-9)11-6-5-10(14(19)20)12(15)13(11)16/h5-6,9H,3-4,7-8H2,1-2H3,(H,19,20). The molecule has 1 aromatic carbocycles. The second kappa shape index (κ2) is 6.10. The van der Waals surface area contributed by atoms with Crippen LogP contribution in [0, 0.1) is 5.82 Å². The molecule has 0 bridgehead atoms. The lowest BCUT2D eigenvalue weighted by atomic mass is 10.0. The number of carboxylic acid groups (broad SMARTS) is 1. The van der Waals surface area contributed by atoms with Gasteiger partial charge in [-0.3, -0.25) is 0 Å². The molecule has 1 aliphatic rings. The quantitative estimate of drug-likeness (QED) is 0.915. The van der Waals surface area contributed by atoms with Crippen LogP contribution in [0.4, 0.5) is 10.1 Å². The summed E-state index contributed by atoms with van der Waals surface area (Å²) in [6.45, 7) is 1.54. The summed E-state index contributed by atoms with van der Waals surface area (Å²) in [5.41, 5.74) is 0.417. The van der Waals surface area contributed by atoms with Gasteiger partial charge < -0.3 is 14.9 Å². The molecule has 1 fully saturated rings. The molecule has 20 heavy (non-hydrogen) atoms. The molecular formula is C14H18BrFN2O2. The Morgan fingerprint density at radius 3 is 2.80 bits per heavy atom. The summed E-state index contributed by atoms with van der Waals surface area (Å²) in [5.74, 6) is -1.63. The van der Waals surface area contributed by atoms with Crippen molar-refractivity contribution in [1.29, 1.82) is 0 Å². The van der Waals surface area contributed by atoms with Gasteiger partial charge in [-0.2, -0.15) is 0 Å². The van der Waals surface area contributed by atoms with Gasteiger partial charge in [0, 0.05) is 19.1 Å². The first-order valence-electron chi connectivity index (χ1n) is 6.54. The van der Waals surface area contributed by atoms with Crippen molar-refractivity contribution in [2.24, 2.45) is 0 Å². The monoisotopic (exact) mass is 344 g/mol. The molecule has 2 rings (SSSR count). The number of carbonyl (C=O) groups is 1. The largest absolute Gasteiger partial charge is 0.478 e. The van der Waals surface area contributed by atoms with E-state index in [1.54, 1.807) is 6.07 Å². The summed E-state index contributed by atoms with van der Waals surface area (Å²) >= 11 is 3.05. The van der Waals surface area contributed by atoms with Crippen LogP contribution in [-0.4, -0.2) is 49.2 Å². The molecule has 1 saturated heterocycles. The molecule has 0 radical (unpaired) electrons. The van der Waals surface area contributed by atoms with Gasteiger partial charge in [-0.15, -0.1) is 0 Å². The highest BCUT2D eigenvalue weighted by Crippen LogP contribution is 2.31. The highest BCUT2D eigenvalue weighted by atomic mass is 79.9. The smallest absolute Gasteiger partial charge is 0.336 e. The molecule has 1 atom stereocenters. The lowest BCUT2D eigenvalue weighted by molar-refractivity contribution is 0.0695. The number of anilines is 1. The Bertz CT molecular complexity index is 522. The third kappa shape index (κ3) is 2.96. The molecular weight excluding hydrogens is 327 g/mol. The Balaban J connectivity index is 2.29. The maximum Gasteiger partial charge on any atom is 0.336 e. The predicted molar refractivity (Wildman–Crippen MR) is 80.0 cm³/mol. The third-order valence-corrected chi connectivity index (χ3v) is 4.54. The Labute approximate surface area is 126 Å². The highest BCUT2D eigenvalue weighted by Gasteiger charge is 2.25. The molecule has 110 valence electrons. The summed E-state index contributed by atoms with van der Waals surface area (Å²) < 4.78 is 14.4. The highest BCUT2D eigenvalue weighted by molar-refractivity contribution is 9.10. The van der Waals surface area contributed by atoms with Crippen molar-refractivity contribution in [3.63, 3.8) is 0 Å². The van der Waals surface area contributed by atoms with Gasteiger partial charge in [0.15, 0.2) is 5.82 Å². The first kappa shape index (κ1) is 15.3. The van der Waals surface area contributed by atoms with Crippen molar-refractivity contribution in [2.45, 2.75) is 18.9 Å². The third-order valence-electron chi connectivity index (χ3n) is 3.76. The van der Waals surface area contributed by atoms with E-state index in [1.807, 2.05) is 19.0 Å². The number of benzene rings is 1. The van der Waals surface area contributed by atoms with Crippen LogP contribution in [0.3, 0.4) is 0 Å². The lowest BCUT2D eigenvalue weighted by Crippen LogP contribution is -2.45. The van der Waals surface area contributed by atoms with E-state index in [9.17, 15) is 9.18 Å². The van der Waals surface area contributed by atoms with Crippen molar-refractivity contribution < 1.29 is 14.3 Å². The van der Waals surface area contributed by atoms with Crippen molar-refractivity contribution in [2.75, 3.05) is 32.1 Å². The normalized spacial score (nSPS) is 19.4. The number of aromatic carboxylic acids is 1. The van der Waals surface area contributed by atoms with Gasteiger partial charge in [-0.1, -0.05) is 0 Å². The number of piperidine rings is 1. The first-order chi connectivity index (χ1) is 9.41. The molecule has 4 nitrogen and oxygen atoms in total. The fourth-order valence-corrected chi connectivity index (χ4v) is 3.05. The molecule has 0 aromatic heterocycles. The number of hydrogen-bond donors (Lipinski definition) is 1. The zero-order valence-electron chi connectivity index (χ0n) is 11.6. The molecule has 1 unspecified atom stereocenters. The fourth-order valence-electron chi connectivity index (χ4n) is 2.54. The first-order valence-corrected chi connectivity index (χ1v) is 7.33. The second-order valence-electron chi connectivity index (χ2n) is 5.27. The Kier molecular flexibility index (Phi) is 4.65. The average Bonchev–Trinajstić information content (AvgIpc) is 2.41. The van der Waals surface area contributed by atoms with Gasteiger partial charge in [0.2, 0.25) is 0 Å². The van der Waals surface area contributed by atoms with Gasteiger partial charge in [-0.05, 0) is 55.0 Å². The Hall–Kier alpha value is -1.14. The topological polar surface area (TPSA) is 43.8 Å². The Morgan fingerprint density at radius 2 is 2.20 bits per heavy atom. The van der Waals surface area contributed by atoms with Crippen molar-refractivity contribution in [1.82, 2.24) is 4.90 Å². The van der Waals surface area contributed by atoms with E-state index in [1.165, 1.54) is 6.07 Å². The van der Waals surface area contributed by atoms with Crippen LogP contribution in [0.1, 0.15) is 23.2 Å². The predicted octanol–water partition coefficient (Wildman–Crippen LogP) is 2.82. The van der Waals surface area contributed by atoms with Crippen LogP contribution < -0.4 is 4.90 Å². The fraction of sp³-hybridized carbons (Fsp3) is 0.500. The maximum absolute atomic E-state index is 14.4. The zero-order valence-corrected chi connectivity index (χ0v) is 13.2. The van der Waals surface area contributed by atoms with Crippen molar-refractivity contribution in [3.05, 3.63) is 28.0 Å². The summed E-state index contributed by atoms with van der Waals surface area (Å²) in [7, 11) is 4.04. The van der Waals surface area contributed by atoms with Crippen molar-refractivity contribution in [3.8, 4) is 0 Å². The lowest BCUT2D eigenvalue weighted by Gasteiger charge is -2.37. The molecule has 1 aliphatic heterocycles. The molecule has 0 saturated carbocycles. The number of rotatable bonds is 3. The van der Waals surface area contributed by atoms with Crippen LogP contribution in [0.2, 0.25) is 0 Å². The van der Waals surface area contributed by atoms with Crippen LogP contribution in [0.25, 0.3) is 0 Å². The number of halogens is 2. The van der Waals surface area contributed by atoms with Gasteiger partial charge >= 0.3 is 5.97 Å². The minimum absolute atomic E-state index is 0.0227. The molecule has 1 heterocycles. The molecule has 0 amide bonds. The molecule has 0 aliphatic carbocycles. The number of hydrogen-bond acceptors (Lipinski definition) is 3. The maximum atomic E-state index is 14.4. The average molecular weight is 345 g/mol.